The molecule has 0 radical (unpaired) electrons. The number of aromatic nitrogens is 1. The second kappa shape index (κ2) is 8.78. The molecule has 168 valence electrons. The first-order chi connectivity index (χ1) is 15.3. The molecule has 1 saturated heterocycles. The van der Waals surface area contributed by atoms with Crippen molar-refractivity contribution in [2.24, 2.45) is 0 Å². The van der Waals surface area contributed by atoms with Crippen LogP contribution < -0.4 is 4.74 Å². The van der Waals surface area contributed by atoms with Gasteiger partial charge in [0, 0.05) is 24.2 Å². The van der Waals surface area contributed by atoms with E-state index in [1.165, 1.54) is 0 Å². The average Bonchev–Trinajstić information content (AvgIpc) is 3.40. The Morgan fingerprint density at radius 3 is 2.50 bits per heavy atom. The van der Waals surface area contributed by atoms with Gasteiger partial charge in [-0.25, -0.2) is 8.42 Å². The molecule has 1 amide bonds. The third kappa shape index (κ3) is 4.70. The lowest BCUT2D eigenvalue weighted by Gasteiger charge is -2.27. The highest BCUT2D eigenvalue weighted by molar-refractivity contribution is 7.91. The summed E-state index contributed by atoms with van der Waals surface area (Å²) < 4.78 is 34.9. The molecular weight excluding hydrogens is 428 g/mol. The van der Waals surface area contributed by atoms with Gasteiger partial charge in [0.25, 0.3) is 5.91 Å². The smallest absolute Gasteiger partial charge is 0.276 e. The van der Waals surface area contributed by atoms with Gasteiger partial charge >= 0.3 is 0 Å². The largest absolute Gasteiger partial charge is 0.497 e. The van der Waals surface area contributed by atoms with Gasteiger partial charge in [-0.2, -0.15) is 0 Å². The normalized spacial score (nSPS) is 17.3. The highest BCUT2D eigenvalue weighted by Crippen LogP contribution is 2.26. The highest BCUT2D eigenvalue weighted by Gasteiger charge is 2.36. The lowest BCUT2D eigenvalue weighted by Crippen LogP contribution is -2.40. The van der Waals surface area contributed by atoms with Gasteiger partial charge in [0.1, 0.15) is 5.75 Å². The Hall–Kier alpha value is -3.13. The monoisotopic (exact) mass is 454 g/mol. The summed E-state index contributed by atoms with van der Waals surface area (Å²) in [6.07, 6.45) is 0.409. The molecule has 0 saturated carbocycles. The maximum Gasteiger partial charge on any atom is 0.276 e. The molecule has 8 heteroatoms. The van der Waals surface area contributed by atoms with E-state index in [2.05, 4.69) is 5.16 Å². The number of ether oxygens (including phenoxy) is 1. The van der Waals surface area contributed by atoms with Crippen molar-refractivity contribution in [3.05, 3.63) is 70.9 Å². The summed E-state index contributed by atoms with van der Waals surface area (Å²) in [5, 5.41) is 4.01. The van der Waals surface area contributed by atoms with Crippen molar-refractivity contribution in [3.8, 4) is 17.1 Å². The Balaban J connectivity index is 1.62. The summed E-state index contributed by atoms with van der Waals surface area (Å²) in [5.74, 6) is 0.902. The van der Waals surface area contributed by atoms with Crippen LogP contribution >= 0.6 is 0 Å². The zero-order valence-corrected chi connectivity index (χ0v) is 19.2. The van der Waals surface area contributed by atoms with Crippen molar-refractivity contribution in [2.45, 2.75) is 32.9 Å². The third-order valence-corrected chi connectivity index (χ3v) is 7.69. The van der Waals surface area contributed by atoms with Crippen LogP contribution in [-0.4, -0.2) is 49.0 Å². The van der Waals surface area contributed by atoms with Crippen LogP contribution in [-0.2, 0) is 16.4 Å². The lowest BCUT2D eigenvalue weighted by molar-refractivity contribution is 0.0670. The van der Waals surface area contributed by atoms with Crippen LogP contribution in [0.5, 0.6) is 5.75 Å². The summed E-state index contributed by atoms with van der Waals surface area (Å²) in [7, 11) is -1.57. The number of hydrogen-bond donors (Lipinski definition) is 0. The number of nitrogens with zero attached hydrogens (tertiary/aromatic N) is 2. The molecule has 2 aromatic carbocycles. The Labute approximate surface area is 187 Å². The Morgan fingerprint density at radius 2 is 1.88 bits per heavy atom. The summed E-state index contributed by atoms with van der Waals surface area (Å²) in [6.45, 7) is 4.31. The number of rotatable bonds is 6. The molecular formula is C24H26N2O5S. The van der Waals surface area contributed by atoms with Gasteiger partial charge in [-0.15, -0.1) is 0 Å². The Bertz CT molecular complexity index is 1230. The van der Waals surface area contributed by atoms with E-state index >= 15 is 0 Å². The van der Waals surface area contributed by atoms with E-state index in [0.717, 1.165) is 22.3 Å². The lowest BCUT2D eigenvalue weighted by atomic mass is 10.0. The first-order valence-electron chi connectivity index (χ1n) is 10.4. The Morgan fingerprint density at radius 1 is 1.12 bits per heavy atom. The van der Waals surface area contributed by atoms with Crippen molar-refractivity contribution < 1.29 is 22.5 Å². The molecule has 0 unspecified atom stereocenters. The molecule has 4 rings (SSSR count). The van der Waals surface area contributed by atoms with Crippen molar-refractivity contribution in [1.82, 2.24) is 10.1 Å². The van der Waals surface area contributed by atoms with E-state index in [1.807, 2.05) is 56.3 Å². The molecule has 1 fully saturated rings. The van der Waals surface area contributed by atoms with Crippen molar-refractivity contribution in [3.63, 3.8) is 0 Å². The van der Waals surface area contributed by atoms with Gasteiger partial charge in [0.2, 0.25) is 0 Å². The van der Waals surface area contributed by atoms with E-state index in [4.69, 9.17) is 9.26 Å². The fraction of sp³-hybridized carbons (Fsp3) is 0.333. The minimum Gasteiger partial charge on any atom is -0.497 e. The number of hydrogen-bond acceptors (Lipinski definition) is 6. The van der Waals surface area contributed by atoms with Crippen molar-refractivity contribution in [1.29, 1.82) is 0 Å². The zero-order chi connectivity index (χ0) is 22.9. The van der Waals surface area contributed by atoms with E-state index in [9.17, 15) is 13.2 Å². The average molecular weight is 455 g/mol. The quantitative estimate of drug-likeness (QED) is 0.563. The van der Waals surface area contributed by atoms with Gasteiger partial charge in [-0.1, -0.05) is 29.4 Å². The second-order valence-electron chi connectivity index (χ2n) is 8.21. The molecule has 3 aromatic rings. The van der Waals surface area contributed by atoms with Gasteiger partial charge in [0.15, 0.2) is 21.3 Å². The number of aryl methyl sites for hydroxylation is 2. The molecule has 2 heterocycles. The number of carbonyl (C=O) groups is 1. The van der Waals surface area contributed by atoms with E-state index < -0.39 is 15.9 Å². The Kier molecular flexibility index (Phi) is 6.06. The minimum atomic E-state index is -3.16. The van der Waals surface area contributed by atoms with Gasteiger partial charge < -0.3 is 14.2 Å². The third-order valence-electron chi connectivity index (χ3n) is 5.94. The highest BCUT2D eigenvalue weighted by atomic mass is 32.2. The number of carbonyl (C=O) groups excluding carboxylic acids is 1. The number of amides is 1. The number of sulfone groups is 1. The molecule has 32 heavy (non-hydrogen) atoms. The fourth-order valence-corrected chi connectivity index (χ4v) is 5.60. The van der Waals surface area contributed by atoms with Crippen LogP contribution in [0.3, 0.4) is 0 Å². The fourth-order valence-electron chi connectivity index (χ4n) is 3.87. The SMILES string of the molecule is COc1ccc(CN(C(=O)c2cc(-c3ccc(C)c(C)c3)on2)[C@@H]2CCS(=O)(=O)C2)cc1. The summed E-state index contributed by atoms with van der Waals surface area (Å²) >= 11 is 0. The molecule has 1 atom stereocenters. The minimum absolute atomic E-state index is 0.0449. The molecule has 0 bridgehead atoms. The summed E-state index contributed by atoms with van der Waals surface area (Å²) in [5.41, 5.74) is 4.16. The topological polar surface area (TPSA) is 89.7 Å². The van der Waals surface area contributed by atoms with Crippen LogP contribution in [0.4, 0.5) is 0 Å². The predicted octanol–water partition coefficient (Wildman–Crippen LogP) is 3.80. The number of methoxy groups -OCH3 is 1. The van der Waals surface area contributed by atoms with Gasteiger partial charge in [-0.3, -0.25) is 4.79 Å². The van der Waals surface area contributed by atoms with Crippen LogP contribution in [0.2, 0.25) is 0 Å². The molecule has 1 aliphatic rings. The maximum absolute atomic E-state index is 13.4. The van der Waals surface area contributed by atoms with Crippen molar-refractivity contribution >= 4 is 15.7 Å². The van der Waals surface area contributed by atoms with Crippen molar-refractivity contribution in [2.75, 3.05) is 18.6 Å². The van der Waals surface area contributed by atoms with E-state index in [1.54, 1.807) is 18.1 Å². The molecule has 0 spiro atoms. The maximum atomic E-state index is 13.4. The van der Waals surface area contributed by atoms with Crippen LogP contribution in [0.15, 0.2) is 53.1 Å². The van der Waals surface area contributed by atoms with E-state index in [-0.39, 0.29) is 29.7 Å². The van der Waals surface area contributed by atoms with Gasteiger partial charge in [-0.05, 0) is 55.2 Å². The molecule has 0 N–H and O–H groups in total. The molecule has 1 aliphatic heterocycles. The standard InChI is InChI=1S/C24H26N2O5S/c1-16-4-7-19(12-17(16)2)23-13-22(25-31-23)24(27)26(20-10-11-32(28,29)15-20)14-18-5-8-21(30-3)9-6-18/h4-9,12-13,20H,10-11,14-15H2,1-3H3/t20-/m1/s1. The number of benzene rings is 2. The molecule has 0 aliphatic carbocycles. The predicted molar refractivity (Wildman–Crippen MR) is 121 cm³/mol. The van der Waals surface area contributed by atoms with Crippen LogP contribution in [0.25, 0.3) is 11.3 Å². The van der Waals surface area contributed by atoms with Crippen LogP contribution in [0.1, 0.15) is 33.6 Å². The van der Waals surface area contributed by atoms with Crippen LogP contribution in [0, 0.1) is 13.8 Å². The first kappa shape index (κ1) is 22.1. The van der Waals surface area contributed by atoms with Gasteiger partial charge in [0.05, 0.1) is 18.6 Å². The zero-order valence-electron chi connectivity index (χ0n) is 18.4. The second-order valence-corrected chi connectivity index (χ2v) is 10.4. The summed E-state index contributed by atoms with van der Waals surface area (Å²) in [4.78, 5) is 15.0. The van der Waals surface area contributed by atoms with E-state index in [0.29, 0.717) is 17.9 Å². The first-order valence-corrected chi connectivity index (χ1v) is 12.3. The molecule has 1 aromatic heterocycles. The summed E-state index contributed by atoms with van der Waals surface area (Å²) in [6, 6.07) is 14.5. The molecule has 7 nitrogen and oxygen atoms in total.